The van der Waals surface area contributed by atoms with E-state index in [1.807, 2.05) is 36.4 Å². The van der Waals surface area contributed by atoms with Gasteiger partial charge in [0.25, 0.3) is 0 Å². The summed E-state index contributed by atoms with van der Waals surface area (Å²) in [6.45, 7) is 12.5. The summed E-state index contributed by atoms with van der Waals surface area (Å²) in [6.07, 6.45) is 0. The Labute approximate surface area is 416 Å². The summed E-state index contributed by atoms with van der Waals surface area (Å²) < 4.78 is 74.0. The molecule has 0 saturated heterocycles. The fraction of sp³-hybridized carbons (Fsp3) is 0. The van der Waals surface area contributed by atoms with Crippen molar-refractivity contribution in [1.29, 1.82) is 0 Å². The minimum absolute atomic E-state index is 0. The SMILES string of the molecule is Fc1[c-]c(F)cc(F)c1.[Au].[Au].[CH2-]P([CH2-])(O[Cl+3]([O-])([O-])[O-])(c1ccccc1)c1ccccc1.[CH2-][P+]([CH2-])(c1ccccc1)c1ccccc1.c1ccc(P(c2ccccc2)c2ccccc2)cc1. The monoisotopic (exact) mass is 1310 g/mol. The molecule has 0 bridgehead atoms. The van der Waals surface area contributed by atoms with Gasteiger partial charge in [0.15, 0.2) is 0 Å². The molecule has 13 heteroatoms. The third kappa shape index (κ3) is 16.6. The average Bonchev–Trinajstić information content (AvgIpc) is 3.28. The van der Waals surface area contributed by atoms with Crippen LogP contribution in [0.2, 0.25) is 0 Å². The van der Waals surface area contributed by atoms with Crippen molar-refractivity contribution in [1.82, 2.24) is 0 Å². The van der Waals surface area contributed by atoms with Crippen molar-refractivity contribution in [2.24, 2.45) is 0 Å². The fourth-order valence-corrected chi connectivity index (χ4v) is 14.6. The molecule has 0 heterocycles. The Morgan fingerprint density at radius 2 is 0.723 bits per heavy atom. The van der Waals surface area contributed by atoms with E-state index in [1.165, 1.54) is 26.5 Å². The first kappa shape index (κ1) is 55.8. The van der Waals surface area contributed by atoms with Gasteiger partial charge in [0, 0.05) is 72.8 Å². The second-order valence-electron chi connectivity index (χ2n) is 14.0. The molecule has 346 valence electrons. The predicted molar refractivity (Wildman–Crippen MR) is 251 cm³/mol. The van der Waals surface area contributed by atoms with Gasteiger partial charge in [-0.3, -0.25) is 0 Å². The first-order chi connectivity index (χ1) is 30.1. The Kier molecular flexibility index (Phi) is 22.4. The standard InChI is InChI=1S/C18H15P.C14H14ClO4P.C14H14P.C6H2F3.2Au/c1-4-10-16(11-5-1)19(17-12-6-2-7-13-17)18-14-8-3-9-15-18;1-20(2,19-15(16,17)18,13-9-5-3-6-10-13)14-11-7-4-8-12-14;1-15(2,13-9-5-3-6-10-13)14-11-7-4-8-12-14;7-4-1-5(8)3-6(9)2-4;;/h1-15H;3-12H,1-2H2;3-12H,1-2H2;1-2H;;/q;-2;2*-1;;. The van der Waals surface area contributed by atoms with Gasteiger partial charge >= 0.3 is 120 Å². The number of hydrogen-bond donors (Lipinski definition) is 0. The quantitative estimate of drug-likeness (QED) is 0.0831. The van der Waals surface area contributed by atoms with Gasteiger partial charge in [0.05, 0.1) is 0 Å². The van der Waals surface area contributed by atoms with Crippen LogP contribution < -0.4 is 51.1 Å². The van der Waals surface area contributed by atoms with Crippen molar-refractivity contribution in [2.45, 2.75) is 0 Å². The Bertz CT molecular complexity index is 2340. The van der Waals surface area contributed by atoms with Crippen molar-refractivity contribution in [3.63, 3.8) is 0 Å². The van der Waals surface area contributed by atoms with E-state index in [9.17, 15) is 27.1 Å². The second-order valence-corrected chi connectivity index (χ2v) is 24.3. The molecule has 0 aliphatic carbocycles. The van der Waals surface area contributed by atoms with E-state index in [2.05, 4.69) is 142 Å². The molecule has 0 aromatic heterocycles. The van der Waals surface area contributed by atoms with Crippen LogP contribution >= 0.6 is 22.0 Å². The molecule has 0 aliphatic heterocycles. The van der Waals surface area contributed by atoms with Crippen LogP contribution in [0.3, 0.4) is 0 Å². The first-order valence-electron chi connectivity index (χ1n) is 19.2. The van der Waals surface area contributed by atoms with Crippen LogP contribution in [-0.2, 0) is 48.8 Å². The zero-order valence-corrected chi connectivity index (χ0v) is 42.6. The van der Waals surface area contributed by atoms with Crippen molar-refractivity contribution in [2.75, 3.05) is 0 Å². The van der Waals surface area contributed by atoms with E-state index in [1.54, 1.807) is 66.7 Å². The summed E-state index contributed by atoms with van der Waals surface area (Å²) in [5, 5.41) is 7.65. The molecule has 2 radical (unpaired) electrons. The summed E-state index contributed by atoms with van der Waals surface area (Å²) in [5.74, 6) is -2.97. The second kappa shape index (κ2) is 26.1. The molecule has 0 fully saturated rings. The van der Waals surface area contributed by atoms with Gasteiger partial charge in [-0.1, -0.05) is 127 Å². The van der Waals surface area contributed by atoms with Crippen LogP contribution in [0.1, 0.15) is 0 Å². The summed E-state index contributed by atoms with van der Waals surface area (Å²) in [5.41, 5.74) is 0. The maximum Gasteiger partial charge on any atom is 0.0408 e. The molecule has 4 nitrogen and oxygen atoms in total. The van der Waals surface area contributed by atoms with Crippen LogP contribution in [0.5, 0.6) is 0 Å². The topological polar surface area (TPSA) is 78.4 Å². The van der Waals surface area contributed by atoms with Crippen molar-refractivity contribution in [3.05, 3.63) is 275 Å². The van der Waals surface area contributed by atoms with E-state index in [0.29, 0.717) is 22.7 Å². The first-order valence-corrected chi connectivity index (χ1v) is 26.5. The summed E-state index contributed by atoms with van der Waals surface area (Å²) in [7, 11) is -6.75. The third-order valence-corrected chi connectivity index (χ3v) is 19.3. The molecule has 0 aliphatic rings. The molecule has 8 rings (SSSR count). The maximum atomic E-state index is 11.9. The van der Waals surface area contributed by atoms with Crippen molar-refractivity contribution < 1.29 is 86.2 Å². The molecule has 0 N–H and O–H groups in total. The van der Waals surface area contributed by atoms with Crippen LogP contribution in [0.25, 0.3) is 0 Å². The fourth-order valence-electron chi connectivity index (χ4n) is 6.21. The van der Waals surface area contributed by atoms with Gasteiger partial charge in [-0.2, -0.15) is 20.6 Å². The van der Waals surface area contributed by atoms with Crippen LogP contribution in [0.4, 0.5) is 13.2 Å². The van der Waals surface area contributed by atoms with Gasteiger partial charge in [-0.05, 0) is 48.1 Å². The Morgan fingerprint density at radius 3 is 0.985 bits per heavy atom. The van der Waals surface area contributed by atoms with Crippen LogP contribution in [0, 0.1) is 60.4 Å². The molecule has 8 aromatic rings. The Morgan fingerprint density at radius 1 is 0.462 bits per heavy atom. The Hall–Kier alpha value is -3.55. The molecule has 0 unspecified atom stereocenters. The molecule has 0 amide bonds. The smallest absolute Gasteiger partial charge is 0.0408 e. The molecule has 0 spiro atoms. The van der Waals surface area contributed by atoms with Crippen LogP contribution in [0.15, 0.2) is 224 Å². The number of rotatable bonds is 9. The van der Waals surface area contributed by atoms with Gasteiger partial charge < -0.3 is 0 Å². The minimum atomic E-state index is -4.66. The minimum Gasteiger partial charge on any atom is -0.199 e. The largest absolute Gasteiger partial charge is 0.199 e. The predicted octanol–water partition coefficient (Wildman–Crippen LogP) is 8.18. The number of benzene rings is 8. The Balaban J connectivity index is 0.000000235. The molecule has 65 heavy (non-hydrogen) atoms. The molecular weight excluding hydrogens is 1270 g/mol. The van der Waals surface area contributed by atoms with Crippen molar-refractivity contribution >= 4 is 59.1 Å². The molecule has 0 saturated carbocycles. The molecule has 8 aromatic carbocycles. The summed E-state index contributed by atoms with van der Waals surface area (Å²) in [6, 6.07) is 72.8. The van der Waals surface area contributed by atoms with E-state index in [0.717, 1.165) is 0 Å². The third-order valence-electron chi connectivity index (χ3n) is 9.27. The average molecular weight is 1310 g/mol. The normalized spacial score (nSPS) is 11.5. The van der Waals surface area contributed by atoms with Gasteiger partial charge in [-0.25, -0.2) is 13.2 Å². The maximum absolute atomic E-state index is 11.9. The van der Waals surface area contributed by atoms with E-state index >= 15 is 0 Å². The van der Waals surface area contributed by atoms with Gasteiger partial charge in [0.2, 0.25) is 0 Å². The van der Waals surface area contributed by atoms with Gasteiger partial charge in [-0.15, -0.1) is 18.2 Å². The molecular formula is C52H45Au2ClF3O4P3-4. The van der Waals surface area contributed by atoms with Gasteiger partial charge in [0.1, 0.15) is 0 Å². The van der Waals surface area contributed by atoms with E-state index < -0.39 is 49.7 Å². The summed E-state index contributed by atoms with van der Waals surface area (Å²) in [4.78, 5) is 0. The zero-order valence-electron chi connectivity index (χ0n) is 34.8. The number of hydrogen-bond acceptors (Lipinski definition) is 4. The number of halogens is 4. The summed E-state index contributed by atoms with van der Waals surface area (Å²) >= 11 is 0. The molecule has 0 atom stereocenters. The van der Waals surface area contributed by atoms with E-state index in [4.69, 9.17) is 4.08 Å². The zero-order chi connectivity index (χ0) is 45.4. The van der Waals surface area contributed by atoms with E-state index in [-0.39, 0.29) is 44.8 Å². The van der Waals surface area contributed by atoms with Crippen LogP contribution in [-0.4, -0.2) is 0 Å². The van der Waals surface area contributed by atoms with Crippen molar-refractivity contribution in [3.8, 4) is 0 Å².